The molecule has 2 rings (SSSR count). The fourth-order valence-corrected chi connectivity index (χ4v) is 2.04. The highest BCUT2D eigenvalue weighted by atomic mass is 15.2. The SMILES string of the molecule is CCCCn1cc(C)nc1NCCc1ccccn1. The predicted molar refractivity (Wildman–Crippen MR) is 78.3 cm³/mol. The lowest BCUT2D eigenvalue weighted by atomic mass is 10.3. The zero-order valence-electron chi connectivity index (χ0n) is 11.8. The quantitative estimate of drug-likeness (QED) is 0.830. The Morgan fingerprint density at radius 1 is 1.32 bits per heavy atom. The lowest BCUT2D eigenvalue weighted by molar-refractivity contribution is 0.634. The van der Waals surface area contributed by atoms with Gasteiger partial charge < -0.3 is 9.88 Å². The van der Waals surface area contributed by atoms with E-state index >= 15 is 0 Å². The van der Waals surface area contributed by atoms with Gasteiger partial charge >= 0.3 is 0 Å². The molecule has 2 aromatic rings. The minimum atomic E-state index is 0.861. The lowest BCUT2D eigenvalue weighted by Crippen LogP contribution is -2.11. The van der Waals surface area contributed by atoms with Crippen molar-refractivity contribution in [2.24, 2.45) is 0 Å². The van der Waals surface area contributed by atoms with Crippen molar-refractivity contribution in [3.05, 3.63) is 42.0 Å². The number of nitrogens with one attached hydrogen (secondary N) is 1. The second kappa shape index (κ2) is 6.92. The first-order valence-electron chi connectivity index (χ1n) is 6.97. The van der Waals surface area contributed by atoms with Crippen LogP contribution in [0.5, 0.6) is 0 Å². The summed E-state index contributed by atoms with van der Waals surface area (Å²) in [5.41, 5.74) is 2.18. The van der Waals surface area contributed by atoms with Gasteiger partial charge in [-0.3, -0.25) is 4.98 Å². The zero-order valence-corrected chi connectivity index (χ0v) is 11.8. The fraction of sp³-hybridized carbons (Fsp3) is 0.467. The molecule has 0 bridgehead atoms. The molecule has 0 amide bonds. The summed E-state index contributed by atoms with van der Waals surface area (Å²) in [5.74, 6) is 0.974. The highest BCUT2D eigenvalue weighted by Gasteiger charge is 2.04. The molecule has 0 atom stereocenters. The van der Waals surface area contributed by atoms with Crippen molar-refractivity contribution >= 4 is 5.95 Å². The van der Waals surface area contributed by atoms with Gasteiger partial charge in [-0.05, 0) is 25.5 Å². The van der Waals surface area contributed by atoms with Crippen molar-refractivity contribution in [2.45, 2.75) is 39.7 Å². The number of anilines is 1. The number of aryl methyl sites for hydroxylation is 2. The van der Waals surface area contributed by atoms with Crippen LogP contribution < -0.4 is 5.32 Å². The summed E-state index contributed by atoms with van der Waals surface area (Å²) in [6.07, 6.45) is 7.25. The topological polar surface area (TPSA) is 42.7 Å². The number of hydrogen-bond donors (Lipinski definition) is 1. The first-order chi connectivity index (χ1) is 9.29. The van der Waals surface area contributed by atoms with Gasteiger partial charge in [0.25, 0.3) is 0 Å². The molecule has 4 heteroatoms. The monoisotopic (exact) mass is 258 g/mol. The van der Waals surface area contributed by atoms with Crippen LogP contribution in [0, 0.1) is 6.92 Å². The molecule has 102 valence electrons. The third kappa shape index (κ3) is 4.09. The fourth-order valence-electron chi connectivity index (χ4n) is 2.04. The van der Waals surface area contributed by atoms with E-state index in [2.05, 4.69) is 39.0 Å². The van der Waals surface area contributed by atoms with Gasteiger partial charge in [0.05, 0.1) is 5.69 Å². The van der Waals surface area contributed by atoms with Crippen molar-refractivity contribution < 1.29 is 0 Å². The maximum atomic E-state index is 4.53. The van der Waals surface area contributed by atoms with Crippen LogP contribution in [0.4, 0.5) is 5.95 Å². The summed E-state index contributed by atoms with van der Waals surface area (Å²) in [7, 11) is 0. The molecule has 0 saturated heterocycles. The molecule has 0 aliphatic carbocycles. The van der Waals surface area contributed by atoms with Crippen molar-refractivity contribution in [3.8, 4) is 0 Å². The number of unbranched alkanes of at least 4 members (excludes halogenated alkanes) is 1. The van der Waals surface area contributed by atoms with Crippen LogP contribution in [-0.2, 0) is 13.0 Å². The Labute approximate surface area is 114 Å². The summed E-state index contributed by atoms with van der Waals surface area (Å²) in [6.45, 7) is 6.13. The van der Waals surface area contributed by atoms with E-state index in [9.17, 15) is 0 Å². The Morgan fingerprint density at radius 2 is 2.21 bits per heavy atom. The number of imidazole rings is 1. The van der Waals surface area contributed by atoms with Gasteiger partial charge in [0.15, 0.2) is 0 Å². The number of rotatable bonds is 7. The normalized spacial score (nSPS) is 10.6. The third-order valence-corrected chi connectivity index (χ3v) is 3.04. The van der Waals surface area contributed by atoms with Gasteiger partial charge in [-0.15, -0.1) is 0 Å². The molecular formula is C15H22N4. The minimum Gasteiger partial charge on any atom is -0.355 e. The second-order valence-electron chi connectivity index (χ2n) is 4.75. The predicted octanol–water partition coefficient (Wildman–Crippen LogP) is 3.04. The van der Waals surface area contributed by atoms with Crippen molar-refractivity contribution in [2.75, 3.05) is 11.9 Å². The van der Waals surface area contributed by atoms with Gasteiger partial charge in [0.2, 0.25) is 5.95 Å². The Morgan fingerprint density at radius 3 is 2.95 bits per heavy atom. The number of nitrogens with zero attached hydrogens (tertiary/aromatic N) is 3. The molecule has 19 heavy (non-hydrogen) atoms. The van der Waals surface area contributed by atoms with Gasteiger partial charge in [-0.25, -0.2) is 4.98 Å². The molecule has 0 spiro atoms. The Balaban J connectivity index is 1.88. The van der Waals surface area contributed by atoms with E-state index in [4.69, 9.17) is 0 Å². The molecular weight excluding hydrogens is 236 g/mol. The Bertz CT molecular complexity index is 490. The molecule has 2 aromatic heterocycles. The van der Waals surface area contributed by atoms with Crippen LogP contribution in [0.1, 0.15) is 31.2 Å². The molecule has 0 saturated carbocycles. The van der Waals surface area contributed by atoms with E-state index in [-0.39, 0.29) is 0 Å². The molecule has 1 N–H and O–H groups in total. The van der Waals surface area contributed by atoms with E-state index in [0.717, 1.165) is 36.8 Å². The number of pyridine rings is 1. The molecule has 0 fully saturated rings. The zero-order chi connectivity index (χ0) is 13.5. The maximum Gasteiger partial charge on any atom is 0.203 e. The first kappa shape index (κ1) is 13.6. The Hall–Kier alpha value is -1.84. The van der Waals surface area contributed by atoms with Crippen LogP contribution in [0.3, 0.4) is 0 Å². The average Bonchev–Trinajstić information content (AvgIpc) is 2.78. The van der Waals surface area contributed by atoms with Crippen LogP contribution in [0.2, 0.25) is 0 Å². The van der Waals surface area contributed by atoms with E-state index in [0.29, 0.717) is 0 Å². The standard InChI is InChI=1S/C15H22N4/c1-3-4-11-19-12-13(2)18-15(19)17-10-8-14-7-5-6-9-16-14/h5-7,9,12H,3-4,8,10-11H2,1-2H3,(H,17,18). The number of hydrogen-bond acceptors (Lipinski definition) is 3. The van der Waals surface area contributed by atoms with Gasteiger partial charge in [0.1, 0.15) is 0 Å². The largest absolute Gasteiger partial charge is 0.355 e. The highest BCUT2D eigenvalue weighted by Crippen LogP contribution is 2.10. The summed E-state index contributed by atoms with van der Waals surface area (Å²) in [4.78, 5) is 8.85. The third-order valence-electron chi connectivity index (χ3n) is 3.04. The van der Waals surface area contributed by atoms with Gasteiger partial charge in [-0.1, -0.05) is 19.4 Å². The molecule has 4 nitrogen and oxygen atoms in total. The van der Waals surface area contributed by atoms with E-state index in [1.165, 1.54) is 12.8 Å². The highest BCUT2D eigenvalue weighted by molar-refractivity contribution is 5.29. The lowest BCUT2D eigenvalue weighted by Gasteiger charge is -2.08. The van der Waals surface area contributed by atoms with Crippen molar-refractivity contribution in [1.29, 1.82) is 0 Å². The second-order valence-corrected chi connectivity index (χ2v) is 4.75. The summed E-state index contributed by atoms with van der Waals surface area (Å²) < 4.78 is 2.21. The smallest absolute Gasteiger partial charge is 0.203 e. The minimum absolute atomic E-state index is 0.861. The van der Waals surface area contributed by atoms with Crippen LogP contribution in [0.15, 0.2) is 30.6 Å². The van der Waals surface area contributed by atoms with Crippen LogP contribution in [-0.4, -0.2) is 21.1 Å². The molecule has 0 aliphatic rings. The first-order valence-corrected chi connectivity index (χ1v) is 6.97. The van der Waals surface area contributed by atoms with Crippen molar-refractivity contribution in [3.63, 3.8) is 0 Å². The molecule has 2 heterocycles. The summed E-state index contributed by atoms with van der Waals surface area (Å²) in [5, 5.41) is 3.40. The summed E-state index contributed by atoms with van der Waals surface area (Å²) in [6, 6.07) is 6.02. The molecule has 0 radical (unpaired) electrons. The average molecular weight is 258 g/mol. The van der Waals surface area contributed by atoms with Gasteiger partial charge in [0, 0.05) is 37.6 Å². The van der Waals surface area contributed by atoms with E-state index in [1.807, 2.05) is 25.3 Å². The summed E-state index contributed by atoms with van der Waals surface area (Å²) >= 11 is 0. The van der Waals surface area contributed by atoms with E-state index in [1.54, 1.807) is 0 Å². The molecule has 0 aromatic carbocycles. The Kier molecular flexibility index (Phi) is 4.95. The van der Waals surface area contributed by atoms with E-state index < -0.39 is 0 Å². The number of aromatic nitrogens is 3. The van der Waals surface area contributed by atoms with Crippen molar-refractivity contribution in [1.82, 2.24) is 14.5 Å². The molecule has 0 aliphatic heterocycles. The molecule has 0 unspecified atom stereocenters. The maximum absolute atomic E-state index is 4.53. The van der Waals surface area contributed by atoms with Crippen LogP contribution in [0.25, 0.3) is 0 Å². The van der Waals surface area contributed by atoms with Crippen LogP contribution >= 0.6 is 0 Å². The van der Waals surface area contributed by atoms with Gasteiger partial charge in [-0.2, -0.15) is 0 Å².